The van der Waals surface area contributed by atoms with Gasteiger partial charge in [-0.1, -0.05) is 18.2 Å². The van der Waals surface area contributed by atoms with Crippen LogP contribution in [0.3, 0.4) is 0 Å². The lowest BCUT2D eigenvalue weighted by Crippen LogP contribution is -2.39. The number of carbonyl (C=O) groups is 2. The molecular weight excluding hydrogens is 492 g/mol. The van der Waals surface area contributed by atoms with Gasteiger partial charge in [-0.05, 0) is 87.9 Å². The van der Waals surface area contributed by atoms with Crippen LogP contribution in [0.15, 0.2) is 40.8 Å². The van der Waals surface area contributed by atoms with Crippen molar-refractivity contribution in [1.29, 1.82) is 0 Å². The van der Waals surface area contributed by atoms with Gasteiger partial charge >= 0.3 is 5.91 Å². The molecule has 0 spiro atoms. The minimum atomic E-state index is -0.405. The van der Waals surface area contributed by atoms with Gasteiger partial charge in [0.1, 0.15) is 11.6 Å². The predicted molar refractivity (Wildman–Crippen MR) is 151 cm³/mol. The van der Waals surface area contributed by atoms with Gasteiger partial charge in [-0.3, -0.25) is 25.1 Å². The number of fused-ring (bicyclic) bond motifs is 1. The van der Waals surface area contributed by atoms with Crippen molar-refractivity contribution in [1.82, 2.24) is 25.1 Å². The Morgan fingerprint density at radius 3 is 2.49 bits per heavy atom. The fraction of sp³-hybridized carbons (Fsp3) is 0.400. The maximum atomic E-state index is 13.2. The molecule has 0 saturated heterocycles. The zero-order valence-electron chi connectivity index (χ0n) is 23.5. The zero-order valence-corrected chi connectivity index (χ0v) is 23.5. The molecule has 1 aliphatic rings. The maximum absolute atomic E-state index is 13.2. The molecule has 2 amide bonds. The van der Waals surface area contributed by atoms with Gasteiger partial charge in [-0.25, -0.2) is 4.98 Å². The largest absolute Gasteiger partial charge is 0.456 e. The average Bonchev–Trinajstić information content (AvgIpc) is 3.50. The van der Waals surface area contributed by atoms with Crippen LogP contribution in [0.2, 0.25) is 0 Å². The summed E-state index contributed by atoms with van der Waals surface area (Å²) in [6.07, 6.45) is 2.29. The topological polar surface area (TPSA) is 105 Å². The van der Waals surface area contributed by atoms with Crippen LogP contribution in [0, 0.1) is 20.8 Å². The second-order valence-corrected chi connectivity index (χ2v) is 10.5. The number of nitrogens with one attached hydrogen (secondary N) is 2. The molecule has 0 atom stereocenters. The molecule has 0 radical (unpaired) electrons. The minimum absolute atomic E-state index is 0.204. The number of pyridine rings is 1. The van der Waals surface area contributed by atoms with E-state index in [0.717, 1.165) is 64.9 Å². The molecule has 1 aromatic carbocycles. The third-order valence-corrected chi connectivity index (χ3v) is 7.83. The lowest BCUT2D eigenvalue weighted by Gasteiger charge is -2.26. The number of hydrogen-bond acceptors (Lipinski definition) is 6. The molecule has 0 aliphatic heterocycles. The van der Waals surface area contributed by atoms with Gasteiger partial charge in [0.15, 0.2) is 11.4 Å². The van der Waals surface area contributed by atoms with E-state index in [0.29, 0.717) is 18.0 Å². The van der Waals surface area contributed by atoms with Crippen LogP contribution < -0.4 is 10.9 Å². The zero-order chi connectivity index (χ0) is 27.9. The average molecular weight is 529 g/mol. The van der Waals surface area contributed by atoms with E-state index in [4.69, 9.17) is 4.42 Å². The highest BCUT2D eigenvalue weighted by atomic mass is 16.4. The van der Waals surface area contributed by atoms with Gasteiger partial charge < -0.3 is 9.32 Å². The number of anilines is 1. The molecule has 4 aromatic rings. The summed E-state index contributed by atoms with van der Waals surface area (Å²) in [5, 5.41) is 5.44. The predicted octanol–water partition coefficient (Wildman–Crippen LogP) is 4.73. The summed E-state index contributed by atoms with van der Waals surface area (Å²) in [6.45, 7) is 11.5. The normalized spacial score (nSPS) is 13.9. The standard InChI is InChI=1S/C30H36N6O3/c1-7-36(8-2)29(38)30(13-14-30)22-10-9-18(3)21(16-22)17-23-11-12-24(39-23)28(37)33-32-25-15-19(4)26-20(5)34-35(6)27(26)31-25/h9-12,15-16H,7-8,13-14,17H2,1-6H3,(H,31,32)(H,33,37). The number of furan rings is 1. The lowest BCUT2D eigenvalue weighted by molar-refractivity contribution is -0.133. The molecule has 2 N–H and O–H groups in total. The summed E-state index contributed by atoms with van der Waals surface area (Å²) >= 11 is 0. The van der Waals surface area contributed by atoms with Crippen molar-refractivity contribution in [2.75, 3.05) is 18.5 Å². The molecule has 1 saturated carbocycles. The Morgan fingerprint density at radius 2 is 1.79 bits per heavy atom. The number of likely N-dealkylation sites (N-methyl/N-ethyl adjacent to an activating group) is 1. The van der Waals surface area contributed by atoms with Crippen LogP contribution in [0.1, 0.15) is 71.0 Å². The Hall–Kier alpha value is -4.14. The number of benzene rings is 1. The van der Waals surface area contributed by atoms with E-state index in [2.05, 4.69) is 46.1 Å². The Balaban J connectivity index is 1.28. The second-order valence-electron chi connectivity index (χ2n) is 10.5. The summed E-state index contributed by atoms with van der Waals surface area (Å²) in [7, 11) is 1.85. The SMILES string of the molecule is CCN(CC)C(=O)C1(c2ccc(C)c(Cc3ccc(C(=O)NNc4cc(C)c5c(C)nn(C)c5n4)o3)c2)CC1. The third kappa shape index (κ3) is 4.89. The summed E-state index contributed by atoms with van der Waals surface area (Å²) in [6, 6.07) is 11.7. The van der Waals surface area contributed by atoms with Crippen LogP contribution in [-0.4, -0.2) is 44.6 Å². The Labute approximate surface area is 228 Å². The number of amides is 2. The van der Waals surface area contributed by atoms with Crippen molar-refractivity contribution < 1.29 is 14.0 Å². The molecule has 3 aromatic heterocycles. The van der Waals surface area contributed by atoms with Gasteiger partial charge in [0.25, 0.3) is 0 Å². The first-order chi connectivity index (χ1) is 18.7. The molecule has 0 unspecified atom stereocenters. The van der Waals surface area contributed by atoms with Crippen molar-refractivity contribution in [3.05, 3.63) is 75.9 Å². The number of aromatic nitrogens is 3. The first kappa shape index (κ1) is 26.5. The maximum Gasteiger partial charge on any atom is 0.305 e. The fourth-order valence-corrected chi connectivity index (χ4v) is 5.41. The fourth-order valence-electron chi connectivity index (χ4n) is 5.41. The molecule has 0 bridgehead atoms. The van der Waals surface area contributed by atoms with Gasteiger partial charge in [0.2, 0.25) is 5.91 Å². The minimum Gasteiger partial charge on any atom is -0.456 e. The van der Waals surface area contributed by atoms with Crippen molar-refractivity contribution in [3.63, 3.8) is 0 Å². The van der Waals surface area contributed by atoms with Crippen LogP contribution in [-0.2, 0) is 23.7 Å². The number of rotatable bonds is 9. The van der Waals surface area contributed by atoms with E-state index < -0.39 is 11.3 Å². The van der Waals surface area contributed by atoms with Crippen molar-refractivity contribution >= 4 is 28.7 Å². The first-order valence-corrected chi connectivity index (χ1v) is 13.5. The van der Waals surface area contributed by atoms with Gasteiger partial charge in [0.05, 0.1) is 11.1 Å². The molecule has 204 valence electrons. The number of nitrogens with zero attached hydrogens (tertiary/aromatic N) is 4. The highest BCUT2D eigenvalue weighted by Gasteiger charge is 2.52. The quantitative estimate of drug-likeness (QED) is 0.304. The van der Waals surface area contributed by atoms with E-state index in [1.54, 1.807) is 10.7 Å². The smallest absolute Gasteiger partial charge is 0.305 e. The molecule has 9 heteroatoms. The van der Waals surface area contributed by atoms with Gasteiger partial charge in [-0.2, -0.15) is 5.10 Å². The van der Waals surface area contributed by atoms with Crippen molar-refractivity contribution in [2.24, 2.45) is 7.05 Å². The number of hydrazine groups is 1. The second kappa shape index (κ2) is 10.2. The lowest BCUT2D eigenvalue weighted by atomic mass is 9.90. The first-order valence-electron chi connectivity index (χ1n) is 13.5. The Morgan fingerprint density at radius 1 is 1.05 bits per heavy atom. The molecule has 9 nitrogen and oxygen atoms in total. The number of carbonyl (C=O) groups excluding carboxylic acids is 2. The molecule has 39 heavy (non-hydrogen) atoms. The molecular formula is C30H36N6O3. The highest BCUT2D eigenvalue weighted by Crippen LogP contribution is 2.50. The van der Waals surface area contributed by atoms with Crippen molar-refractivity contribution in [3.8, 4) is 0 Å². The molecule has 1 aliphatic carbocycles. The monoisotopic (exact) mass is 528 g/mol. The summed E-state index contributed by atoms with van der Waals surface area (Å²) in [5.41, 5.74) is 11.1. The van der Waals surface area contributed by atoms with Gasteiger partial charge in [-0.15, -0.1) is 0 Å². The van der Waals surface area contributed by atoms with Crippen molar-refractivity contribution in [2.45, 2.75) is 59.3 Å². The number of aryl methyl sites for hydroxylation is 4. The molecule has 3 heterocycles. The summed E-state index contributed by atoms with van der Waals surface area (Å²) in [5.74, 6) is 1.23. The van der Waals surface area contributed by atoms with E-state index >= 15 is 0 Å². The molecule has 1 fully saturated rings. The van der Waals surface area contributed by atoms with Crippen LogP contribution in [0.5, 0.6) is 0 Å². The van der Waals surface area contributed by atoms with E-state index in [1.165, 1.54) is 0 Å². The van der Waals surface area contributed by atoms with E-state index in [-0.39, 0.29) is 11.7 Å². The summed E-state index contributed by atoms with van der Waals surface area (Å²) < 4.78 is 7.64. The van der Waals surface area contributed by atoms with Crippen LogP contribution in [0.25, 0.3) is 11.0 Å². The summed E-state index contributed by atoms with van der Waals surface area (Å²) in [4.78, 5) is 32.5. The van der Waals surface area contributed by atoms with Crippen LogP contribution in [0.4, 0.5) is 5.82 Å². The number of hydrogen-bond donors (Lipinski definition) is 2. The third-order valence-electron chi connectivity index (χ3n) is 7.83. The Bertz CT molecular complexity index is 1560. The van der Waals surface area contributed by atoms with Crippen LogP contribution >= 0.6 is 0 Å². The Kier molecular flexibility index (Phi) is 6.92. The van der Waals surface area contributed by atoms with E-state index in [9.17, 15) is 9.59 Å². The molecule has 5 rings (SSSR count). The highest BCUT2D eigenvalue weighted by molar-refractivity contribution is 5.93. The van der Waals surface area contributed by atoms with Gasteiger partial charge in [0, 0.05) is 31.9 Å². The van der Waals surface area contributed by atoms with E-state index in [1.807, 2.05) is 51.8 Å².